The van der Waals surface area contributed by atoms with E-state index >= 15 is 0 Å². The van der Waals surface area contributed by atoms with Crippen LogP contribution in [0, 0.1) is 0 Å². The second-order valence-corrected chi connectivity index (χ2v) is 4.24. The van der Waals surface area contributed by atoms with Crippen LogP contribution in [0.15, 0.2) is 0 Å². The summed E-state index contributed by atoms with van der Waals surface area (Å²) in [5.41, 5.74) is 5.47. The summed E-state index contributed by atoms with van der Waals surface area (Å²) >= 11 is 0. The Hall–Kier alpha value is -0.280. The molecule has 0 aromatic carbocycles. The van der Waals surface area contributed by atoms with Gasteiger partial charge in [0.1, 0.15) is 24.4 Å². The molecule has 0 aromatic rings. The van der Waals surface area contributed by atoms with Gasteiger partial charge < -0.3 is 35.3 Å². The first kappa shape index (κ1) is 12.2. The predicted molar refractivity (Wildman–Crippen MR) is 51.2 cm³/mol. The van der Waals surface area contributed by atoms with Gasteiger partial charge in [-0.3, -0.25) is 0 Å². The molecule has 0 aliphatic carbocycles. The van der Waals surface area contributed by atoms with E-state index in [2.05, 4.69) is 0 Å². The van der Waals surface area contributed by atoms with Crippen LogP contribution in [-0.4, -0.2) is 65.0 Å². The first-order valence-electron chi connectivity index (χ1n) is 5.19. The minimum Gasteiger partial charge on any atom is -0.394 e. The van der Waals surface area contributed by atoms with Gasteiger partial charge in [-0.1, -0.05) is 0 Å². The molecule has 0 aromatic heterocycles. The highest BCUT2D eigenvalue weighted by atomic mass is 16.8. The van der Waals surface area contributed by atoms with Crippen LogP contribution in [0.4, 0.5) is 0 Å². The molecular formula is C9H17NO6. The SMILES string of the molecule is CC1(CN)OC2OC(CO)C(O)C(O)C2O1. The lowest BCUT2D eigenvalue weighted by Gasteiger charge is -2.36. The summed E-state index contributed by atoms with van der Waals surface area (Å²) in [7, 11) is 0. The second-order valence-electron chi connectivity index (χ2n) is 4.24. The lowest BCUT2D eigenvalue weighted by atomic mass is 9.99. The zero-order valence-electron chi connectivity index (χ0n) is 8.94. The number of hydrogen-bond donors (Lipinski definition) is 4. The third-order valence-electron chi connectivity index (χ3n) is 2.95. The lowest BCUT2D eigenvalue weighted by Crippen LogP contribution is -2.57. The number of fused-ring (bicyclic) bond motifs is 1. The van der Waals surface area contributed by atoms with Crippen molar-refractivity contribution >= 4 is 0 Å². The zero-order chi connectivity index (χ0) is 11.9. The molecule has 2 aliphatic rings. The van der Waals surface area contributed by atoms with E-state index in [4.69, 9.17) is 25.1 Å². The maximum absolute atomic E-state index is 9.79. The van der Waals surface area contributed by atoms with Gasteiger partial charge in [0.15, 0.2) is 12.1 Å². The molecule has 2 rings (SSSR count). The summed E-state index contributed by atoms with van der Waals surface area (Å²) in [5, 5.41) is 28.4. The molecular weight excluding hydrogens is 218 g/mol. The van der Waals surface area contributed by atoms with Gasteiger partial charge in [-0.05, 0) is 6.92 Å². The fraction of sp³-hybridized carbons (Fsp3) is 1.00. The molecule has 2 saturated heterocycles. The predicted octanol–water partition coefficient (Wildman–Crippen LogP) is -2.48. The molecule has 2 fully saturated rings. The number of nitrogens with two attached hydrogens (primary N) is 1. The van der Waals surface area contributed by atoms with Crippen molar-refractivity contribution in [1.29, 1.82) is 0 Å². The van der Waals surface area contributed by atoms with E-state index in [0.717, 1.165) is 0 Å². The van der Waals surface area contributed by atoms with Crippen molar-refractivity contribution in [3.8, 4) is 0 Å². The summed E-state index contributed by atoms with van der Waals surface area (Å²) < 4.78 is 16.1. The third kappa shape index (κ3) is 1.84. The van der Waals surface area contributed by atoms with Crippen molar-refractivity contribution < 1.29 is 29.5 Å². The van der Waals surface area contributed by atoms with E-state index in [0.29, 0.717) is 0 Å². The maximum Gasteiger partial charge on any atom is 0.190 e. The number of ether oxygens (including phenoxy) is 3. The molecule has 2 heterocycles. The van der Waals surface area contributed by atoms with Gasteiger partial charge in [0.25, 0.3) is 0 Å². The first-order chi connectivity index (χ1) is 7.50. The van der Waals surface area contributed by atoms with E-state index in [1.807, 2.05) is 0 Å². The molecule has 6 unspecified atom stereocenters. The molecule has 0 saturated carbocycles. The Bertz CT molecular complexity index is 264. The Balaban J connectivity index is 2.13. The standard InChI is InChI=1S/C9H17NO6/c1-9(3-10)15-7-6(13)5(12)4(2-11)14-8(7)16-9/h4-8,11-13H,2-3,10H2,1H3. The fourth-order valence-corrected chi connectivity index (χ4v) is 1.93. The van der Waals surface area contributed by atoms with Crippen molar-refractivity contribution in [1.82, 2.24) is 0 Å². The van der Waals surface area contributed by atoms with Gasteiger partial charge in [0, 0.05) is 6.54 Å². The smallest absolute Gasteiger partial charge is 0.190 e. The zero-order valence-corrected chi connectivity index (χ0v) is 8.94. The van der Waals surface area contributed by atoms with E-state index in [1.165, 1.54) is 0 Å². The molecule has 94 valence electrons. The van der Waals surface area contributed by atoms with Crippen LogP contribution in [0.25, 0.3) is 0 Å². The van der Waals surface area contributed by atoms with Gasteiger partial charge in [-0.2, -0.15) is 0 Å². The van der Waals surface area contributed by atoms with E-state index in [-0.39, 0.29) is 6.54 Å². The number of hydrogen-bond acceptors (Lipinski definition) is 7. The second kappa shape index (κ2) is 4.19. The molecule has 0 amide bonds. The third-order valence-corrected chi connectivity index (χ3v) is 2.95. The average Bonchev–Trinajstić information content (AvgIpc) is 2.62. The Morgan fingerprint density at radius 1 is 1.25 bits per heavy atom. The Morgan fingerprint density at radius 2 is 1.94 bits per heavy atom. The summed E-state index contributed by atoms with van der Waals surface area (Å²) in [4.78, 5) is 0. The topological polar surface area (TPSA) is 114 Å². The Morgan fingerprint density at radius 3 is 2.50 bits per heavy atom. The van der Waals surface area contributed by atoms with Crippen molar-refractivity contribution in [3.05, 3.63) is 0 Å². The molecule has 5 N–H and O–H groups in total. The molecule has 2 aliphatic heterocycles. The monoisotopic (exact) mass is 235 g/mol. The van der Waals surface area contributed by atoms with Crippen LogP contribution in [0.2, 0.25) is 0 Å². The molecule has 7 nitrogen and oxygen atoms in total. The van der Waals surface area contributed by atoms with Crippen LogP contribution < -0.4 is 5.73 Å². The molecule has 0 bridgehead atoms. The van der Waals surface area contributed by atoms with E-state index < -0.39 is 43.1 Å². The summed E-state index contributed by atoms with van der Waals surface area (Å²) in [6, 6.07) is 0. The largest absolute Gasteiger partial charge is 0.394 e. The minimum absolute atomic E-state index is 0.107. The van der Waals surface area contributed by atoms with Crippen molar-refractivity contribution in [3.63, 3.8) is 0 Å². The van der Waals surface area contributed by atoms with Gasteiger partial charge in [-0.15, -0.1) is 0 Å². The van der Waals surface area contributed by atoms with Crippen molar-refractivity contribution in [2.45, 2.75) is 43.4 Å². The molecule has 6 atom stereocenters. The number of aliphatic hydroxyl groups excluding tert-OH is 3. The quantitative estimate of drug-likeness (QED) is 0.419. The average molecular weight is 235 g/mol. The normalized spacial score (nSPS) is 52.7. The Kier molecular flexibility index (Phi) is 3.19. The number of aliphatic hydroxyl groups is 3. The molecule has 0 spiro atoms. The Labute approximate surface area is 92.7 Å². The maximum atomic E-state index is 9.79. The molecule has 16 heavy (non-hydrogen) atoms. The van der Waals surface area contributed by atoms with Crippen molar-refractivity contribution in [2.24, 2.45) is 5.73 Å². The van der Waals surface area contributed by atoms with Gasteiger partial charge in [-0.25, -0.2) is 0 Å². The van der Waals surface area contributed by atoms with Crippen LogP contribution in [0.3, 0.4) is 0 Å². The number of rotatable bonds is 2. The lowest BCUT2D eigenvalue weighted by molar-refractivity contribution is -0.257. The first-order valence-corrected chi connectivity index (χ1v) is 5.19. The van der Waals surface area contributed by atoms with Crippen LogP contribution in [0.5, 0.6) is 0 Å². The summed E-state index contributed by atoms with van der Waals surface area (Å²) in [6.45, 7) is 1.34. The minimum atomic E-state index is -1.20. The highest BCUT2D eigenvalue weighted by Gasteiger charge is 2.54. The van der Waals surface area contributed by atoms with Crippen LogP contribution in [0.1, 0.15) is 6.92 Å². The fourth-order valence-electron chi connectivity index (χ4n) is 1.93. The van der Waals surface area contributed by atoms with E-state index in [1.54, 1.807) is 6.92 Å². The molecule has 7 heteroatoms. The van der Waals surface area contributed by atoms with Gasteiger partial charge >= 0.3 is 0 Å². The van der Waals surface area contributed by atoms with Gasteiger partial charge in [0.2, 0.25) is 0 Å². The summed E-state index contributed by atoms with van der Waals surface area (Å²) in [6.07, 6.45) is -4.84. The van der Waals surface area contributed by atoms with E-state index in [9.17, 15) is 10.2 Å². The van der Waals surface area contributed by atoms with Crippen LogP contribution >= 0.6 is 0 Å². The highest BCUT2D eigenvalue weighted by molar-refractivity contribution is 4.94. The summed E-state index contributed by atoms with van der Waals surface area (Å²) in [5.74, 6) is -1.03. The van der Waals surface area contributed by atoms with Crippen molar-refractivity contribution in [2.75, 3.05) is 13.2 Å². The highest BCUT2D eigenvalue weighted by Crippen LogP contribution is 2.35. The van der Waals surface area contributed by atoms with Crippen LogP contribution in [-0.2, 0) is 14.2 Å². The molecule has 0 radical (unpaired) electrons. The van der Waals surface area contributed by atoms with Gasteiger partial charge in [0.05, 0.1) is 6.61 Å².